The smallest absolute Gasteiger partial charge is 0.269 e. The molecule has 1 aromatic carbocycles. The van der Waals surface area contributed by atoms with Crippen LogP contribution in [0.2, 0.25) is 0 Å². The molecule has 0 radical (unpaired) electrons. The van der Waals surface area contributed by atoms with Crippen molar-refractivity contribution in [2.45, 2.75) is 19.9 Å². The van der Waals surface area contributed by atoms with Crippen LogP contribution in [0, 0.1) is 18.3 Å². The van der Waals surface area contributed by atoms with Crippen molar-refractivity contribution < 1.29 is 4.79 Å². The summed E-state index contributed by atoms with van der Waals surface area (Å²) in [4.78, 5) is 24.2. The second kappa shape index (κ2) is 6.51. The van der Waals surface area contributed by atoms with E-state index in [2.05, 4.69) is 15.9 Å². The van der Waals surface area contributed by atoms with Crippen LogP contribution >= 0.6 is 15.9 Å². The molecule has 2 rings (SSSR count). The first-order valence-corrected chi connectivity index (χ1v) is 7.17. The summed E-state index contributed by atoms with van der Waals surface area (Å²) in [7, 11) is 0. The van der Waals surface area contributed by atoms with E-state index in [-0.39, 0.29) is 24.3 Å². The molecule has 0 saturated carbocycles. The molecule has 4 nitrogen and oxygen atoms in total. The molecule has 0 atom stereocenters. The molecule has 0 fully saturated rings. The van der Waals surface area contributed by atoms with Crippen LogP contribution in [0.5, 0.6) is 0 Å². The van der Waals surface area contributed by atoms with E-state index in [1.54, 1.807) is 19.2 Å². The normalized spacial score (nSPS) is 10.1. The summed E-state index contributed by atoms with van der Waals surface area (Å²) in [5, 5.41) is 8.97. The predicted molar refractivity (Wildman–Crippen MR) is 83.0 cm³/mol. The highest BCUT2D eigenvalue weighted by Gasteiger charge is 2.11. The van der Waals surface area contributed by atoms with Gasteiger partial charge in [-0.05, 0) is 30.2 Å². The summed E-state index contributed by atoms with van der Waals surface area (Å²) in [5.41, 5.74) is 1.17. The molecule has 21 heavy (non-hydrogen) atoms. The maximum absolute atomic E-state index is 12.1. The van der Waals surface area contributed by atoms with Gasteiger partial charge >= 0.3 is 0 Å². The highest BCUT2D eigenvalue weighted by molar-refractivity contribution is 9.10. The molecule has 1 aromatic heterocycles. The van der Waals surface area contributed by atoms with Crippen molar-refractivity contribution in [1.82, 2.24) is 4.57 Å². The molecule has 0 unspecified atom stereocenters. The van der Waals surface area contributed by atoms with E-state index in [0.29, 0.717) is 5.56 Å². The fraction of sp³-hybridized carbons (Fsp3) is 0.188. The van der Waals surface area contributed by atoms with Crippen LogP contribution in [0.15, 0.2) is 45.8 Å². The van der Waals surface area contributed by atoms with Gasteiger partial charge in [0.05, 0.1) is 6.54 Å². The lowest BCUT2D eigenvalue weighted by Gasteiger charge is -2.07. The highest BCUT2D eigenvalue weighted by atomic mass is 79.9. The number of hydrogen-bond acceptors (Lipinski definition) is 3. The third kappa shape index (κ3) is 3.47. The average Bonchev–Trinajstić information content (AvgIpc) is 2.45. The number of nitriles is 1. The molecule has 0 aliphatic heterocycles. The van der Waals surface area contributed by atoms with Gasteiger partial charge in [0.25, 0.3) is 5.56 Å². The van der Waals surface area contributed by atoms with Crippen molar-refractivity contribution in [2.24, 2.45) is 0 Å². The summed E-state index contributed by atoms with van der Waals surface area (Å²) < 4.78 is 2.15. The Morgan fingerprint density at radius 1 is 1.33 bits per heavy atom. The fourth-order valence-electron chi connectivity index (χ4n) is 2.03. The Morgan fingerprint density at radius 3 is 2.71 bits per heavy atom. The number of ketones is 1. The Hall–Kier alpha value is -2.19. The lowest BCUT2D eigenvalue weighted by Crippen LogP contribution is -2.27. The molecular weight excluding hydrogens is 332 g/mol. The largest absolute Gasteiger partial charge is 0.307 e. The number of aryl methyl sites for hydroxylation is 1. The van der Waals surface area contributed by atoms with Crippen molar-refractivity contribution in [2.75, 3.05) is 0 Å². The topological polar surface area (TPSA) is 62.9 Å². The van der Waals surface area contributed by atoms with Gasteiger partial charge in [-0.3, -0.25) is 9.59 Å². The number of carbonyl (C=O) groups is 1. The monoisotopic (exact) mass is 344 g/mol. The number of nitrogens with zero attached hydrogens (tertiary/aromatic N) is 2. The van der Waals surface area contributed by atoms with E-state index in [1.165, 1.54) is 4.57 Å². The van der Waals surface area contributed by atoms with E-state index < -0.39 is 5.56 Å². The van der Waals surface area contributed by atoms with Gasteiger partial charge in [0.2, 0.25) is 0 Å². The summed E-state index contributed by atoms with van der Waals surface area (Å²) in [5.74, 6) is -0.0863. The van der Waals surface area contributed by atoms with Gasteiger partial charge < -0.3 is 4.57 Å². The van der Waals surface area contributed by atoms with Gasteiger partial charge in [0.1, 0.15) is 11.6 Å². The summed E-state index contributed by atoms with van der Waals surface area (Å²) in [6, 6.07) is 11.0. The molecule has 0 saturated heterocycles. The van der Waals surface area contributed by atoms with Gasteiger partial charge in [0.15, 0.2) is 5.78 Å². The molecule has 0 spiro atoms. The molecule has 5 heteroatoms. The SMILES string of the molecule is Cc1ccn(CC(=O)Cc2ccccc2Br)c(=O)c1C#N. The first-order valence-electron chi connectivity index (χ1n) is 6.38. The summed E-state index contributed by atoms with van der Waals surface area (Å²) >= 11 is 3.39. The lowest BCUT2D eigenvalue weighted by atomic mass is 10.1. The maximum atomic E-state index is 12.1. The van der Waals surface area contributed by atoms with Crippen molar-refractivity contribution in [1.29, 1.82) is 5.26 Å². The molecule has 0 amide bonds. The van der Waals surface area contributed by atoms with Crippen LogP contribution < -0.4 is 5.56 Å². The Bertz CT molecular complexity index is 788. The number of benzene rings is 1. The van der Waals surface area contributed by atoms with Crippen LogP contribution in [0.4, 0.5) is 0 Å². The third-order valence-corrected chi connectivity index (χ3v) is 3.95. The zero-order chi connectivity index (χ0) is 15.4. The molecular formula is C16H13BrN2O2. The third-order valence-electron chi connectivity index (χ3n) is 3.18. The Balaban J connectivity index is 2.20. The van der Waals surface area contributed by atoms with Crippen molar-refractivity contribution in [3.63, 3.8) is 0 Å². The first kappa shape index (κ1) is 15.2. The van der Waals surface area contributed by atoms with Gasteiger partial charge in [-0.2, -0.15) is 5.26 Å². The van der Waals surface area contributed by atoms with E-state index in [0.717, 1.165) is 10.0 Å². The number of rotatable bonds is 4. The van der Waals surface area contributed by atoms with Crippen LogP contribution in [0.3, 0.4) is 0 Å². The molecule has 2 aromatic rings. The van der Waals surface area contributed by atoms with E-state index in [4.69, 9.17) is 5.26 Å². The minimum Gasteiger partial charge on any atom is -0.307 e. The second-order valence-corrected chi connectivity index (χ2v) is 5.58. The van der Waals surface area contributed by atoms with Gasteiger partial charge in [0, 0.05) is 17.1 Å². The molecule has 106 valence electrons. The zero-order valence-electron chi connectivity index (χ0n) is 11.5. The van der Waals surface area contributed by atoms with Gasteiger partial charge in [-0.15, -0.1) is 0 Å². The van der Waals surface area contributed by atoms with Crippen LogP contribution in [-0.4, -0.2) is 10.4 Å². The highest BCUT2D eigenvalue weighted by Crippen LogP contribution is 2.16. The van der Waals surface area contributed by atoms with E-state index in [1.807, 2.05) is 30.3 Å². The average molecular weight is 345 g/mol. The Labute approximate surface area is 130 Å². The van der Waals surface area contributed by atoms with Gasteiger partial charge in [-0.1, -0.05) is 34.1 Å². The standard InChI is InChI=1S/C16H13BrN2O2/c1-11-6-7-19(16(21)14(11)9-18)10-13(20)8-12-4-2-3-5-15(12)17/h2-7H,8,10H2,1H3. The number of hydrogen-bond donors (Lipinski definition) is 0. The number of halogens is 1. The summed E-state index contributed by atoms with van der Waals surface area (Å²) in [6.07, 6.45) is 1.79. The van der Waals surface area contributed by atoms with Crippen molar-refractivity contribution >= 4 is 21.7 Å². The fourth-order valence-corrected chi connectivity index (χ4v) is 2.45. The first-order chi connectivity index (χ1) is 10.0. The molecule has 0 bridgehead atoms. The molecule has 1 heterocycles. The molecule has 0 aliphatic rings. The minimum absolute atomic E-state index is 0.0326. The van der Waals surface area contributed by atoms with Crippen molar-refractivity contribution in [3.8, 4) is 6.07 Å². The van der Waals surface area contributed by atoms with Gasteiger partial charge in [-0.25, -0.2) is 0 Å². The number of Topliss-reactive ketones (excluding diaryl/α,β-unsaturated/α-hetero) is 1. The molecule has 0 N–H and O–H groups in total. The van der Waals surface area contributed by atoms with Crippen LogP contribution in [-0.2, 0) is 17.8 Å². The van der Waals surface area contributed by atoms with Crippen LogP contribution in [0.1, 0.15) is 16.7 Å². The van der Waals surface area contributed by atoms with Crippen LogP contribution in [0.25, 0.3) is 0 Å². The predicted octanol–water partition coefficient (Wildman–Crippen LogP) is 2.60. The second-order valence-electron chi connectivity index (χ2n) is 4.73. The minimum atomic E-state index is -0.419. The van der Waals surface area contributed by atoms with E-state index >= 15 is 0 Å². The lowest BCUT2D eigenvalue weighted by molar-refractivity contribution is -0.119. The maximum Gasteiger partial charge on any atom is 0.269 e. The number of aromatic nitrogens is 1. The Morgan fingerprint density at radius 2 is 2.05 bits per heavy atom. The van der Waals surface area contributed by atoms with E-state index in [9.17, 15) is 9.59 Å². The quantitative estimate of drug-likeness (QED) is 0.856. The number of pyridine rings is 1. The number of carbonyl (C=O) groups excluding carboxylic acids is 1. The molecule has 0 aliphatic carbocycles. The zero-order valence-corrected chi connectivity index (χ0v) is 13.1. The van der Waals surface area contributed by atoms with Crippen molar-refractivity contribution in [3.05, 3.63) is 68.0 Å². The Kier molecular flexibility index (Phi) is 4.71. The summed E-state index contributed by atoms with van der Waals surface area (Å²) in [6.45, 7) is 1.67.